The largest absolute Gasteiger partial charge is 0.490 e. The van der Waals surface area contributed by atoms with Crippen LogP contribution in [0, 0.1) is 6.92 Å². The summed E-state index contributed by atoms with van der Waals surface area (Å²) in [5.74, 6) is 0.761. The topological polar surface area (TPSA) is 29.5 Å². The molecule has 2 rings (SSSR count). The van der Waals surface area contributed by atoms with Crippen LogP contribution in [-0.2, 0) is 5.60 Å². The van der Waals surface area contributed by atoms with Gasteiger partial charge in [-0.15, -0.1) is 0 Å². The van der Waals surface area contributed by atoms with Crippen molar-refractivity contribution in [3.63, 3.8) is 0 Å². The monoisotopic (exact) mass is 320 g/mol. The Labute approximate surface area is 122 Å². The zero-order valence-electron chi connectivity index (χ0n) is 11.1. The van der Waals surface area contributed by atoms with Gasteiger partial charge in [0.25, 0.3) is 0 Å². The molecule has 2 nitrogen and oxygen atoms in total. The van der Waals surface area contributed by atoms with Gasteiger partial charge in [-0.25, -0.2) is 0 Å². The third-order valence-corrected chi connectivity index (χ3v) is 3.93. The normalized spacial score (nSPS) is 13.9. The molecule has 0 bridgehead atoms. The van der Waals surface area contributed by atoms with Gasteiger partial charge in [0.2, 0.25) is 0 Å². The number of benzene rings is 2. The number of hydrogen-bond acceptors (Lipinski definition) is 2. The van der Waals surface area contributed by atoms with Crippen molar-refractivity contribution in [1.82, 2.24) is 0 Å². The van der Waals surface area contributed by atoms with Crippen LogP contribution in [0.5, 0.6) is 5.75 Å². The molecule has 0 saturated carbocycles. The first-order valence-corrected chi connectivity index (χ1v) is 6.95. The van der Waals surface area contributed by atoms with Crippen LogP contribution in [0.15, 0.2) is 53.0 Å². The van der Waals surface area contributed by atoms with Crippen molar-refractivity contribution < 1.29 is 9.84 Å². The van der Waals surface area contributed by atoms with E-state index in [2.05, 4.69) is 15.9 Å². The van der Waals surface area contributed by atoms with Crippen LogP contribution in [0.4, 0.5) is 0 Å². The van der Waals surface area contributed by atoms with Gasteiger partial charge in [-0.2, -0.15) is 0 Å². The van der Waals surface area contributed by atoms with Crippen molar-refractivity contribution in [2.45, 2.75) is 19.4 Å². The fourth-order valence-corrected chi connectivity index (χ4v) is 2.06. The van der Waals surface area contributed by atoms with Gasteiger partial charge >= 0.3 is 0 Å². The molecular formula is C16H17BrO2. The molecular weight excluding hydrogens is 304 g/mol. The van der Waals surface area contributed by atoms with E-state index in [9.17, 15) is 5.11 Å². The Morgan fingerprint density at radius 1 is 1.16 bits per heavy atom. The van der Waals surface area contributed by atoms with Crippen molar-refractivity contribution in [1.29, 1.82) is 0 Å². The predicted octanol–water partition coefficient (Wildman–Crippen LogP) is 4.04. The van der Waals surface area contributed by atoms with Crippen molar-refractivity contribution in [3.8, 4) is 5.75 Å². The summed E-state index contributed by atoms with van der Waals surface area (Å²) in [5, 5.41) is 10.4. The molecule has 0 saturated heterocycles. The zero-order valence-corrected chi connectivity index (χ0v) is 12.6. The number of aryl methyl sites for hydroxylation is 1. The molecule has 0 aliphatic carbocycles. The van der Waals surface area contributed by atoms with Crippen LogP contribution in [-0.4, -0.2) is 11.7 Å². The first kappa shape index (κ1) is 14.1. The van der Waals surface area contributed by atoms with E-state index in [1.54, 1.807) is 6.92 Å². The average molecular weight is 321 g/mol. The summed E-state index contributed by atoms with van der Waals surface area (Å²) in [7, 11) is 0. The Hall–Kier alpha value is -1.32. The maximum absolute atomic E-state index is 10.4. The number of halogens is 1. The molecule has 0 fully saturated rings. The molecule has 0 radical (unpaired) electrons. The molecule has 3 heteroatoms. The highest BCUT2D eigenvalue weighted by Gasteiger charge is 2.23. The Morgan fingerprint density at radius 3 is 2.47 bits per heavy atom. The Kier molecular flexibility index (Phi) is 4.27. The van der Waals surface area contributed by atoms with E-state index in [0.717, 1.165) is 21.3 Å². The highest BCUT2D eigenvalue weighted by Crippen LogP contribution is 2.25. The fourth-order valence-electron chi connectivity index (χ4n) is 1.81. The first-order valence-electron chi connectivity index (χ1n) is 6.16. The lowest BCUT2D eigenvalue weighted by atomic mass is 9.97. The van der Waals surface area contributed by atoms with E-state index in [-0.39, 0.29) is 6.61 Å². The van der Waals surface area contributed by atoms with Gasteiger partial charge in [0.05, 0.1) is 0 Å². The molecule has 19 heavy (non-hydrogen) atoms. The molecule has 0 heterocycles. The summed E-state index contributed by atoms with van der Waals surface area (Å²) >= 11 is 3.45. The Bertz CT molecular complexity index is 550. The lowest BCUT2D eigenvalue weighted by Crippen LogP contribution is -2.29. The van der Waals surface area contributed by atoms with Gasteiger partial charge in [-0.1, -0.05) is 46.3 Å². The van der Waals surface area contributed by atoms with Gasteiger partial charge in [0.15, 0.2) is 0 Å². The highest BCUT2D eigenvalue weighted by atomic mass is 79.9. The summed E-state index contributed by atoms with van der Waals surface area (Å²) in [6.45, 7) is 3.98. The summed E-state index contributed by atoms with van der Waals surface area (Å²) in [6.07, 6.45) is 0. The van der Waals surface area contributed by atoms with Crippen molar-refractivity contribution in [2.75, 3.05) is 6.61 Å². The first-order chi connectivity index (χ1) is 8.99. The van der Waals surface area contributed by atoms with E-state index in [1.807, 2.05) is 55.5 Å². The number of aliphatic hydroxyl groups is 1. The predicted molar refractivity (Wildman–Crippen MR) is 80.4 cm³/mol. The second kappa shape index (κ2) is 5.76. The van der Waals surface area contributed by atoms with Gasteiger partial charge in [-0.05, 0) is 43.2 Å². The number of hydrogen-bond donors (Lipinski definition) is 1. The lowest BCUT2D eigenvalue weighted by Gasteiger charge is -2.24. The van der Waals surface area contributed by atoms with Crippen molar-refractivity contribution >= 4 is 15.9 Å². The quantitative estimate of drug-likeness (QED) is 0.921. The SMILES string of the molecule is Cc1cc(OCC(C)(O)c2ccccc2)ccc1Br. The highest BCUT2D eigenvalue weighted by molar-refractivity contribution is 9.10. The molecule has 0 amide bonds. The molecule has 100 valence electrons. The minimum absolute atomic E-state index is 0.220. The standard InChI is InChI=1S/C16H17BrO2/c1-12-10-14(8-9-15(12)17)19-11-16(2,18)13-6-4-3-5-7-13/h3-10,18H,11H2,1-2H3. The van der Waals surface area contributed by atoms with Gasteiger partial charge in [0.1, 0.15) is 18.0 Å². The molecule has 0 aromatic heterocycles. The smallest absolute Gasteiger partial charge is 0.121 e. The molecule has 1 N–H and O–H groups in total. The molecule has 2 aromatic rings. The zero-order chi connectivity index (χ0) is 13.9. The lowest BCUT2D eigenvalue weighted by molar-refractivity contribution is 0.00757. The van der Waals surface area contributed by atoms with Crippen LogP contribution in [0.1, 0.15) is 18.1 Å². The third kappa shape index (κ3) is 3.58. The molecule has 0 spiro atoms. The van der Waals surface area contributed by atoms with E-state index >= 15 is 0 Å². The van der Waals surface area contributed by atoms with Crippen molar-refractivity contribution in [3.05, 3.63) is 64.1 Å². The van der Waals surface area contributed by atoms with Crippen LogP contribution >= 0.6 is 15.9 Å². The van der Waals surface area contributed by atoms with E-state index in [1.165, 1.54) is 0 Å². The Morgan fingerprint density at radius 2 is 1.84 bits per heavy atom. The molecule has 1 atom stereocenters. The van der Waals surface area contributed by atoms with Gasteiger partial charge in [-0.3, -0.25) is 0 Å². The maximum atomic E-state index is 10.4. The minimum atomic E-state index is -0.998. The van der Waals surface area contributed by atoms with Gasteiger partial charge in [0, 0.05) is 4.47 Å². The molecule has 0 aliphatic rings. The van der Waals surface area contributed by atoms with Crippen LogP contribution in [0.2, 0.25) is 0 Å². The maximum Gasteiger partial charge on any atom is 0.121 e. The van der Waals surface area contributed by atoms with E-state index in [4.69, 9.17) is 4.74 Å². The fraction of sp³-hybridized carbons (Fsp3) is 0.250. The van der Waals surface area contributed by atoms with Crippen LogP contribution < -0.4 is 4.74 Å². The second-order valence-electron chi connectivity index (χ2n) is 4.84. The summed E-state index contributed by atoms with van der Waals surface area (Å²) < 4.78 is 6.74. The van der Waals surface area contributed by atoms with Crippen molar-refractivity contribution in [2.24, 2.45) is 0 Å². The molecule has 1 unspecified atom stereocenters. The van der Waals surface area contributed by atoms with Crippen LogP contribution in [0.25, 0.3) is 0 Å². The third-order valence-electron chi connectivity index (χ3n) is 3.04. The average Bonchev–Trinajstić information content (AvgIpc) is 2.41. The number of rotatable bonds is 4. The van der Waals surface area contributed by atoms with Crippen LogP contribution in [0.3, 0.4) is 0 Å². The number of ether oxygens (including phenoxy) is 1. The Balaban J connectivity index is 2.07. The van der Waals surface area contributed by atoms with E-state index < -0.39 is 5.60 Å². The minimum Gasteiger partial charge on any atom is -0.490 e. The summed E-state index contributed by atoms with van der Waals surface area (Å²) in [5.41, 5.74) is 0.961. The van der Waals surface area contributed by atoms with Gasteiger partial charge < -0.3 is 9.84 Å². The summed E-state index contributed by atoms with van der Waals surface area (Å²) in [4.78, 5) is 0. The summed E-state index contributed by atoms with van der Waals surface area (Å²) in [6, 6.07) is 15.3. The molecule has 0 aliphatic heterocycles. The van der Waals surface area contributed by atoms with E-state index in [0.29, 0.717) is 0 Å². The molecule has 2 aromatic carbocycles. The second-order valence-corrected chi connectivity index (χ2v) is 5.69.